The van der Waals surface area contributed by atoms with E-state index in [-0.39, 0.29) is 10.9 Å². The molecule has 0 amide bonds. The quantitative estimate of drug-likeness (QED) is 0.855. The van der Waals surface area contributed by atoms with E-state index in [9.17, 15) is 8.42 Å². The summed E-state index contributed by atoms with van der Waals surface area (Å²) in [6.45, 7) is 0. The molecule has 0 heterocycles. The molecule has 1 fully saturated rings. The van der Waals surface area contributed by atoms with Crippen molar-refractivity contribution in [2.75, 3.05) is 12.8 Å². The van der Waals surface area contributed by atoms with Gasteiger partial charge in [0.25, 0.3) is 0 Å². The highest BCUT2D eigenvalue weighted by atomic mass is 32.2. The number of sulfonamides is 1. The largest absolute Gasteiger partial charge is 0.399 e. The minimum atomic E-state index is -3.41. The molecule has 2 rings (SSSR count). The first kappa shape index (κ1) is 13.4. The van der Waals surface area contributed by atoms with Crippen LogP contribution in [0.5, 0.6) is 0 Å². The molecular weight excluding hydrogens is 248 g/mol. The minimum Gasteiger partial charge on any atom is -0.399 e. The summed E-state index contributed by atoms with van der Waals surface area (Å²) in [5.74, 6) is 0. The highest BCUT2D eigenvalue weighted by Crippen LogP contribution is 2.26. The van der Waals surface area contributed by atoms with Gasteiger partial charge in [-0.2, -0.15) is 4.31 Å². The van der Waals surface area contributed by atoms with Crippen molar-refractivity contribution in [3.05, 3.63) is 24.3 Å². The lowest BCUT2D eigenvalue weighted by Gasteiger charge is -2.30. The Hall–Kier alpha value is -1.07. The Balaban J connectivity index is 2.24. The second-order valence-electron chi connectivity index (χ2n) is 4.89. The van der Waals surface area contributed by atoms with Crippen LogP contribution in [0.25, 0.3) is 0 Å². The van der Waals surface area contributed by atoms with E-state index in [2.05, 4.69) is 0 Å². The van der Waals surface area contributed by atoms with Gasteiger partial charge in [-0.05, 0) is 31.0 Å². The Morgan fingerprint density at radius 3 is 2.50 bits per heavy atom. The number of hydrogen-bond acceptors (Lipinski definition) is 3. The Kier molecular flexibility index (Phi) is 3.92. The molecule has 5 heteroatoms. The molecule has 0 saturated heterocycles. The first-order chi connectivity index (χ1) is 8.51. The van der Waals surface area contributed by atoms with Crippen LogP contribution in [0.4, 0.5) is 5.69 Å². The third-order valence-corrected chi connectivity index (χ3v) is 5.53. The van der Waals surface area contributed by atoms with Crippen molar-refractivity contribution < 1.29 is 8.42 Å². The van der Waals surface area contributed by atoms with Gasteiger partial charge >= 0.3 is 0 Å². The third-order valence-electron chi connectivity index (χ3n) is 3.62. The molecule has 4 nitrogen and oxygen atoms in total. The van der Waals surface area contributed by atoms with Crippen LogP contribution in [-0.2, 0) is 10.0 Å². The lowest BCUT2D eigenvalue weighted by atomic mass is 9.96. The van der Waals surface area contributed by atoms with Gasteiger partial charge in [0, 0.05) is 18.8 Å². The second-order valence-corrected chi connectivity index (χ2v) is 6.88. The van der Waals surface area contributed by atoms with Gasteiger partial charge in [-0.3, -0.25) is 0 Å². The molecule has 0 aromatic heterocycles. The predicted molar refractivity (Wildman–Crippen MR) is 72.7 cm³/mol. The number of nitrogens with zero attached hydrogens (tertiary/aromatic N) is 1. The Morgan fingerprint density at radius 2 is 1.89 bits per heavy atom. The number of benzene rings is 1. The standard InChI is InChI=1S/C13H20N2O2S/c1-15(12-7-3-2-4-8-12)18(16,17)13-9-5-6-11(14)10-13/h5-6,9-10,12H,2-4,7-8,14H2,1H3. The normalized spacial score (nSPS) is 18.1. The van der Waals surface area contributed by atoms with Gasteiger partial charge in [0.05, 0.1) is 4.90 Å². The average molecular weight is 268 g/mol. The fourth-order valence-corrected chi connectivity index (χ4v) is 3.95. The number of nitrogen functional groups attached to an aromatic ring is 1. The number of hydrogen-bond donors (Lipinski definition) is 1. The van der Waals surface area contributed by atoms with Crippen molar-refractivity contribution in [2.45, 2.75) is 43.0 Å². The summed E-state index contributed by atoms with van der Waals surface area (Å²) in [7, 11) is -1.73. The highest BCUT2D eigenvalue weighted by Gasteiger charge is 2.28. The molecule has 100 valence electrons. The first-order valence-corrected chi connectivity index (χ1v) is 7.79. The van der Waals surface area contributed by atoms with Crippen LogP contribution in [0.2, 0.25) is 0 Å². The van der Waals surface area contributed by atoms with Crippen LogP contribution in [0.1, 0.15) is 32.1 Å². The summed E-state index contributed by atoms with van der Waals surface area (Å²) in [6, 6.07) is 6.63. The Bertz CT molecular complexity index is 507. The molecule has 0 bridgehead atoms. The summed E-state index contributed by atoms with van der Waals surface area (Å²) in [4.78, 5) is 0.288. The summed E-state index contributed by atoms with van der Waals surface area (Å²) >= 11 is 0. The van der Waals surface area contributed by atoms with E-state index < -0.39 is 10.0 Å². The van der Waals surface area contributed by atoms with Gasteiger partial charge in [-0.25, -0.2) is 8.42 Å². The van der Waals surface area contributed by atoms with Crippen molar-refractivity contribution in [2.24, 2.45) is 0 Å². The number of anilines is 1. The zero-order valence-corrected chi connectivity index (χ0v) is 11.5. The second kappa shape index (κ2) is 5.28. The molecule has 0 atom stereocenters. The van der Waals surface area contributed by atoms with Gasteiger partial charge in [-0.1, -0.05) is 25.3 Å². The highest BCUT2D eigenvalue weighted by molar-refractivity contribution is 7.89. The van der Waals surface area contributed by atoms with Gasteiger partial charge in [0.1, 0.15) is 0 Å². The topological polar surface area (TPSA) is 63.4 Å². The summed E-state index contributed by atoms with van der Waals surface area (Å²) in [5.41, 5.74) is 6.13. The van der Waals surface area contributed by atoms with E-state index in [0.717, 1.165) is 25.7 Å². The van der Waals surface area contributed by atoms with E-state index in [0.29, 0.717) is 5.69 Å². The molecule has 1 aliphatic rings. The Morgan fingerprint density at radius 1 is 1.22 bits per heavy atom. The molecule has 1 aromatic carbocycles. The summed E-state index contributed by atoms with van der Waals surface area (Å²) in [6.07, 6.45) is 5.35. The monoisotopic (exact) mass is 268 g/mol. The third kappa shape index (κ3) is 2.67. The molecule has 0 spiro atoms. The van der Waals surface area contributed by atoms with Crippen molar-refractivity contribution in [3.8, 4) is 0 Å². The van der Waals surface area contributed by atoms with Crippen LogP contribution < -0.4 is 5.73 Å². The maximum Gasteiger partial charge on any atom is 0.243 e. The Labute approximate surface area is 109 Å². The number of rotatable bonds is 3. The smallest absolute Gasteiger partial charge is 0.243 e. The maximum atomic E-state index is 12.5. The van der Waals surface area contributed by atoms with Gasteiger partial charge in [-0.15, -0.1) is 0 Å². The van der Waals surface area contributed by atoms with Crippen LogP contribution in [-0.4, -0.2) is 25.8 Å². The summed E-state index contributed by atoms with van der Waals surface area (Å²) in [5, 5.41) is 0. The maximum absolute atomic E-state index is 12.5. The molecule has 18 heavy (non-hydrogen) atoms. The van der Waals surface area contributed by atoms with Crippen LogP contribution in [0, 0.1) is 0 Å². The zero-order valence-electron chi connectivity index (χ0n) is 10.7. The van der Waals surface area contributed by atoms with Crippen molar-refractivity contribution >= 4 is 15.7 Å². The fourth-order valence-electron chi connectivity index (χ4n) is 2.48. The van der Waals surface area contributed by atoms with E-state index in [1.165, 1.54) is 16.8 Å². The predicted octanol–water partition coefficient (Wildman–Crippen LogP) is 2.22. The summed E-state index contributed by atoms with van der Waals surface area (Å²) < 4.78 is 26.4. The van der Waals surface area contributed by atoms with E-state index >= 15 is 0 Å². The van der Waals surface area contributed by atoms with E-state index in [1.54, 1.807) is 25.2 Å². The number of nitrogens with two attached hydrogens (primary N) is 1. The molecular formula is C13H20N2O2S. The lowest BCUT2D eigenvalue weighted by molar-refractivity contribution is 0.286. The molecule has 1 aliphatic carbocycles. The van der Waals surface area contributed by atoms with Gasteiger partial charge in [0.2, 0.25) is 10.0 Å². The van der Waals surface area contributed by atoms with Gasteiger partial charge in [0.15, 0.2) is 0 Å². The van der Waals surface area contributed by atoms with Crippen LogP contribution in [0.15, 0.2) is 29.2 Å². The minimum absolute atomic E-state index is 0.130. The van der Waals surface area contributed by atoms with Crippen molar-refractivity contribution in [1.29, 1.82) is 0 Å². The molecule has 1 aromatic rings. The van der Waals surface area contributed by atoms with Crippen LogP contribution in [0.3, 0.4) is 0 Å². The first-order valence-electron chi connectivity index (χ1n) is 6.35. The molecule has 0 unspecified atom stereocenters. The zero-order chi connectivity index (χ0) is 13.2. The van der Waals surface area contributed by atoms with Crippen molar-refractivity contribution in [1.82, 2.24) is 4.31 Å². The SMILES string of the molecule is CN(C1CCCCC1)S(=O)(=O)c1cccc(N)c1. The molecule has 1 saturated carbocycles. The fraction of sp³-hybridized carbons (Fsp3) is 0.538. The van der Waals surface area contributed by atoms with Gasteiger partial charge < -0.3 is 5.73 Å². The molecule has 2 N–H and O–H groups in total. The van der Waals surface area contributed by atoms with Crippen molar-refractivity contribution in [3.63, 3.8) is 0 Å². The average Bonchev–Trinajstić information content (AvgIpc) is 2.39. The van der Waals surface area contributed by atoms with E-state index in [4.69, 9.17) is 5.73 Å². The molecule has 0 aliphatic heterocycles. The molecule has 0 radical (unpaired) electrons. The van der Waals surface area contributed by atoms with Crippen LogP contribution >= 0.6 is 0 Å². The lowest BCUT2D eigenvalue weighted by Crippen LogP contribution is -2.38. The van der Waals surface area contributed by atoms with E-state index in [1.807, 2.05) is 0 Å².